The predicted molar refractivity (Wildman–Crippen MR) is 79.6 cm³/mol. The Morgan fingerprint density at radius 2 is 2.05 bits per heavy atom. The number of nitrogens with zero attached hydrogens (tertiary/aromatic N) is 1. The Balaban J connectivity index is 2.21. The van der Waals surface area contributed by atoms with Gasteiger partial charge >= 0.3 is 0 Å². The summed E-state index contributed by atoms with van der Waals surface area (Å²) in [6.07, 6.45) is 3.00. The van der Waals surface area contributed by atoms with Crippen LogP contribution in [0.5, 0.6) is 5.75 Å². The van der Waals surface area contributed by atoms with E-state index in [2.05, 4.69) is 37.1 Å². The maximum atomic E-state index is 6.13. The molecule has 0 saturated carbocycles. The Morgan fingerprint density at radius 1 is 1.21 bits per heavy atom. The van der Waals surface area contributed by atoms with E-state index in [0.717, 1.165) is 29.6 Å². The van der Waals surface area contributed by atoms with Gasteiger partial charge in [-0.2, -0.15) is 0 Å². The lowest BCUT2D eigenvalue weighted by atomic mass is 10.1. The molecule has 0 aliphatic carbocycles. The average Bonchev–Trinajstić information content (AvgIpc) is 2.45. The van der Waals surface area contributed by atoms with Gasteiger partial charge in [0.25, 0.3) is 0 Å². The van der Waals surface area contributed by atoms with Crippen molar-refractivity contribution in [3.63, 3.8) is 0 Å². The summed E-state index contributed by atoms with van der Waals surface area (Å²) < 4.78 is 6.13. The second kappa shape index (κ2) is 6.53. The number of nitrogens with one attached hydrogen (secondary N) is 1. The summed E-state index contributed by atoms with van der Waals surface area (Å²) in [6.45, 7) is 7.38. The molecule has 0 bridgehead atoms. The van der Waals surface area contributed by atoms with Crippen LogP contribution in [0.25, 0.3) is 10.9 Å². The Labute approximate surface area is 115 Å². The molecule has 0 radical (unpaired) electrons. The van der Waals surface area contributed by atoms with Crippen molar-refractivity contribution in [1.29, 1.82) is 0 Å². The van der Waals surface area contributed by atoms with Crippen molar-refractivity contribution >= 4 is 10.9 Å². The molecule has 0 fully saturated rings. The third-order valence-electron chi connectivity index (χ3n) is 3.39. The lowest BCUT2D eigenvalue weighted by Crippen LogP contribution is -2.40. The van der Waals surface area contributed by atoms with Gasteiger partial charge in [-0.05, 0) is 44.2 Å². The van der Waals surface area contributed by atoms with Gasteiger partial charge in [0.2, 0.25) is 0 Å². The number of pyridine rings is 1. The van der Waals surface area contributed by atoms with E-state index in [1.165, 1.54) is 0 Å². The van der Waals surface area contributed by atoms with Crippen LogP contribution in [0, 0.1) is 0 Å². The second-order valence-electron chi connectivity index (χ2n) is 4.72. The van der Waals surface area contributed by atoms with Crippen LogP contribution in [0.3, 0.4) is 0 Å². The lowest BCUT2D eigenvalue weighted by molar-refractivity contribution is 0.170. The van der Waals surface area contributed by atoms with Crippen LogP contribution in [-0.4, -0.2) is 23.7 Å². The van der Waals surface area contributed by atoms with Gasteiger partial charge < -0.3 is 10.1 Å². The first-order valence-electron chi connectivity index (χ1n) is 7.00. The Morgan fingerprint density at radius 3 is 2.79 bits per heavy atom. The molecule has 0 aliphatic rings. The fourth-order valence-corrected chi connectivity index (χ4v) is 2.36. The van der Waals surface area contributed by atoms with Crippen LogP contribution in [-0.2, 0) is 0 Å². The van der Waals surface area contributed by atoms with Gasteiger partial charge in [-0.3, -0.25) is 4.98 Å². The molecule has 1 N–H and O–H groups in total. The molecule has 2 unspecified atom stereocenters. The van der Waals surface area contributed by atoms with Crippen molar-refractivity contribution in [2.24, 2.45) is 0 Å². The van der Waals surface area contributed by atoms with Gasteiger partial charge in [-0.15, -0.1) is 0 Å². The van der Waals surface area contributed by atoms with Crippen molar-refractivity contribution in [1.82, 2.24) is 10.3 Å². The third-order valence-corrected chi connectivity index (χ3v) is 3.39. The first-order valence-corrected chi connectivity index (χ1v) is 7.00. The SMILES string of the molecule is CCNC(CC)C(C)Oc1cccc2ncccc12. The van der Waals surface area contributed by atoms with Crippen molar-refractivity contribution in [2.45, 2.75) is 39.3 Å². The van der Waals surface area contributed by atoms with E-state index >= 15 is 0 Å². The van der Waals surface area contributed by atoms with Crippen LogP contribution in [0.15, 0.2) is 36.5 Å². The largest absolute Gasteiger partial charge is 0.488 e. The topological polar surface area (TPSA) is 34.1 Å². The summed E-state index contributed by atoms with van der Waals surface area (Å²) >= 11 is 0. The minimum absolute atomic E-state index is 0.135. The molecular weight excluding hydrogens is 236 g/mol. The molecular formula is C16H22N2O. The fraction of sp³-hybridized carbons (Fsp3) is 0.438. The van der Waals surface area contributed by atoms with Gasteiger partial charge in [0.1, 0.15) is 11.9 Å². The van der Waals surface area contributed by atoms with Crippen molar-refractivity contribution < 1.29 is 4.74 Å². The average molecular weight is 258 g/mol. The molecule has 19 heavy (non-hydrogen) atoms. The first kappa shape index (κ1) is 13.8. The van der Waals surface area contributed by atoms with E-state index in [0.29, 0.717) is 6.04 Å². The molecule has 3 heteroatoms. The van der Waals surface area contributed by atoms with Crippen molar-refractivity contribution in [3.8, 4) is 5.75 Å². The quantitative estimate of drug-likeness (QED) is 0.862. The van der Waals surface area contributed by atoms with E-state index in [1.807, 2.05) is 30.5 Å². The molecule has 0 aliphatic heterocycles. The summed E-state index contributed by atoms with van der Waals surface area (Å²) in [4.78, 5) is 4.35. The molecule has 0 amide bonds. The number of benzene rings is 1. The summed E-state index contributed by atoms with van der Waals surface area (Å²) in [6, 6.07) is 10.4. The number of hydrogen-bond donors (Lipinski definition) is 1. The maximum Gasteiger partial charge on any atom is 0.129 e. The molecule has 1 aromatic heterocycles. The smallest absolute Gasteiger partial charge is 0.129 e. The fourth-order valence-electron chi connectivity index (χ4n) is 2.36. The van der Waals surface area contributed by atoms with Gasteiger partial charge in [0, 0.05) is 17.6 Å². The molecule has 1 aromatic carbocycles. The molecule has 102 valence electrons. The summed E-state index contributed by atoms with van der Waals surface area (Å²) in [5.74, 6) is 0.912. The zero-order chi connectivity index (χ0) is 13.7. The van der Waals surface area contributed by atoms with Gasteiger partial charge in [0.05, 0.1) is 5.52 Å². The molecule has 2 aromatic rings. The van der Waals surface area contributed by atoms with E-state index in [9.17, 15) is 0 Å². The normalized spacial score (nSPS) is 14.3. The Kier molecular flexibility index (Phi) is 4.74. The molecule has 0 spiro atoms. The van der Waals surface area contributed by atoms with Crippen molar-refractivity contribution in [2.75, 3.05) is 6.54 Å². The zero-order valence-corrected chi connectivity index (χ0v) is 11.9. The number of fused-ring (bicyclic) bond motifs is 1. The Bertz CT molecular complexity index is 522. The van der Waals surface area contributed by atoms with Crippen LogP contribution in [0.4, 0.5) is 0 Å². The van der Waals surface area contributed by atoms with Crippen LogP contribution >= 0.6 is 0 Å². The molecule has 3 nitrogen and oxygen atoms in total. The Hall–Kier alpha value is -1.61. The third kappa shape index (κ3) is 3.24. The maximum absolute atomic E-state index is 6.13. The van der Waals surface area contributed by atoms with Crippen LogP contribution in [0.1, 0.15) is 27.2 Å². The minimum Gasteiger partial charge on any atom is -0.488 e. The highest BCUT2D eigenvalue weighted by atomic mass is 16.5. The van der Waals surface area contributed by atoms with Crippen molar-refractivity contribution in [3.05, 3.63) is 36.5 Å². The number of rotatable bonds is 6. The van der Waals surface area contributed by atoms with E-state index < -0.39 is 0 Å². The zero-order valence-electron chi connectivity index (χ0n) is 11.9. The predicted octanol–water partition coefficient (Wildman–Crippen LogP) is 3.39. The number of ether oxygens (including phenoxy) is 1. The lowest BCUT2D eigenvalue weighted by Gasteiger charge is -2.25. The number of aromatic nitrogens is 1. The second-order valence-corrected chi connectivity index (χ2v) is 4.72. The minimum atomic E-state index is 0.135. The monoisotopic (exact) mass is 258 g/mol. The summed E-state index contributed by atoms with van der Waals surface area (Å²) in [7, 11) is 0. The highest BCUT2D eigenvalue weighted by molar-refractivity contribution is 5.84. The van der Waals surface area contributed by atoms with Gasteiger partial charge in [-0.25, -0.2) is 0 Å². The highest BCUT2D eigenvalue weighted by Crippen LogP contribution is 2.25. The van der Waals surface area contributed by atoms with Crippen LogP contribution < -0.4 is 10.1 Å². The molecule has 2 atom stereocenters. The molecule has 2 rings (SSSR count). The summed E-state index contributed by atoms with van der Waals surface area (Å²) in [5.41, 5.74) is 0.976. The van der Waals surface area contributed by atoms with E-state index in [4.69, 9.17) is 4.74 Å². The van der Waals surface area contributed by atoms with E-state index in [-0.39, 0.29) is 6.10 Å². The van der Waals surface area contributed by atoms with Crippen LogP contribution in [0.2, 0.25) is 0 Å². The van der Waals surface area contributed by atoms with Gasteiger partial charge in [-0.1, -0.05) is 19.9 Å². The highest BCUT2D eigenvalue weighted by Gasteiger charge is 2.16. The standard InChI is InChI=1S/C16H22N2O/c1-4-14(17-5-2)12(3)19-16-10-6-9-15-13(16)8-7-11-18-15/h6-12,14,17H,4-5H2,1-3H3. The molecule has 0 saturated heterocycles. The summed E-state index contributed by atoms with van der Waals surface area (Å²) in [5, 5.41) is 4.53. The number of hydrogen-bond acceptors (Lipinski definition) is 3. The first-order chi connectivity index (χ1) is 9.26. The van der Waals surface area contributed by atoms with E-state index in [1.54, 1.807) is 0 Å². The molecule has 1 heterocycles. The van der Waals surface area contributed by atoms with Gasteiger partial charge in [0.15, 0.2) is 0 Å². The number of likely N-dealkylation sites (N-methyl/N-ethyl adjacent to an activating group) is 1.